The van der Waals surface area contributed by atoms with Crippen molar-refractivity contribution in [2.75, 3.05) is 32.8 Å². The molecule has 1 unspecified atom stereocenters. The molecule has 0 aliphatic carbocycles. The molecule has 0 saturated carbocycles. The number of carbonyl (C=O) groups is 1. The van der Waals surface area contributed by atoms with E-state index in [0.717, 1.165) is 25.1 Å². The molecule has 0 radical (unpaired) electrons. The Morgan fingerprint density at radius 3 is 2.59 bits per heavy atom. The van der Waals surface area contributed by atoms with Crippen molar-refractivity contribution in [2.45, 2.75) is 38.1 Å². The number of benzene rings is 1. The van der Waals surface area contributed by atoms with Crippen molar-refractivity contribution in [2.24, 2.45) is 0 Å². The summed E-state index contributed by atoms with van der Waals surface area (Å²) in [6.45, 7) is 4.58. The van der Waals surface area contributed by atoms with Crippen LogP contribution in [-0.4, -0.2) is 54.5 Å². The maximum atomic E-state index is 12.3. The van der Waals surface area contributed by atoms with E-state index in [4.69, 9.17) is 4.74 Å². The highest BCUT2D eigenvalue weighted by Crippen LogP contribution is 2.21. The standard InChI is InChI=1S/C18H26N2O2/c21-18-9-8-16(19-11-4-5-12-19)10-13-20(18)14-15-22-17-6-2-1-3-7-17/h1-3,6-7,16H,4-5,8-15H2. The predicted molar refractivity (Wildman–Crippen MR) is 87.0 cm³/mol. The smallest absolute Gasteiger partial charge is 0.222 e. The van der Waals surface area contributed by atoms with Gasteiger partial charge in [0.2, 0.25) is 5.91 Å². The molecule has 2 aliphatic heterocycles. The molecule has 1 amide bonds. The van der Waals surface area contributed by atoms with Crippen molar-refractivity contribution in [3.8, 4) is 5.75 Å². The van der Waals surface area contributed by atoms with Crippen molar-refractivity contribution in [1.29, 1.82) is 0 Å². The van der Waals surface area contributed by atoms with Crippen molar-refractivity contribution >= 4 is 5.91 Å². The van der Waals surface area contributed by atoms with Gasteiger partial charge in [0.1, 0.15) is 12.4 Å². The lowest BCUT2D eigenvalue weighted by atomic mass is 10.1. The highest BCUT2D eigenvalue weighted by molar-refractivity contribution is 5.76. The van der Waals surface area contributed by atoms with Crippen LogP contribution in [0.5, 0.6) is 5.75 Å². The summed E-state index contributed by atoms with van der Waals surface area (Å²) < 4.78 is 5.72. The van der Waals surface area contributed by atoms with Gasteiger partial charge in [-0.05, 0) is 50.9 Å². The van der Waals surface area contributed by atoms with Gasteiger partial charge in [0.05, 0.1) is 6.54 Å². The molecule has 0 N–H and O–H groups in total. The van der Waals surface area contributed by atoms with E-state index >= 15 is 0 Å². The van der Waals surface area contributed by atoms with Crippen molar-refractivity contribution in [3.05, 3.63) is 30.3 Å². The molecule has 1 aromatic rings. The molecule has 1 aromatic carbocycles. The summed E-state index contributed by atoms with van der Waals surface area (Å²) in [7, 11) is 0. The number of carbonyl (C=O) groups excluding carboxylic acids is 1. The number of likely N-dealkylation sites (tertiary alicyclic amines) is 2. The van der Waals surface area contributed by atoms with Crippen LogP contribution in [0.4, 0.5) is 0 Å². The first kappa shape index (κ1) is 15.3. The number of ether oxygens (including phenoxy) is 1. The fourth-order valence-electron chi connectivity index (χ4n) is 3.52. The zero-order chi connectivity index (χ0) is 15.2. The molecule has 0 aromatic heterocycles. The molecule has 1 atom stereocenters. The van der Waals surface area contributed by atoms with Crippen LogP contribution in [0.25, 0.3) is 0 Å². The van der Waals surface area contributed by atoms with E-state index in [-0.39, 0.29) is 0 Å². The Bertz CT molecular complexity index is 471. The van der Waals surface area contributed by atoms with E-state index < -0.39 is 0 Å². The summed E-state index contributed by atoms with van der Waals surface area (Å²) in [5.41, 5.74) is 0. The third kappa shape index (κ3) is 4.01. The van der Waals surface area contributed by atoms with Crippen LogP contribution in [0.1, 0.15) is 32.1 Å². The van der Waals surface area contributed by atoms with Gasteiger partial charge in [-0.25, -0.2) is 0 Å². The van der Waals surface area contributed by atoms with Gasteiger partial charge in [0, 0.05) is 19.0 Å². The highest BCUT2D eigenvalue weighted by Gasteiger charge is 2.27. The van der Waals surface area contributed by atoms with Gasteiger partial charge in [0.15, 0.2) is 0 Å². The van der Waals surface area contributed by atoms with E-state index in [1.54, 1.807) is 0 Å². The van der Waals surface area contributed by atoms with Gasteiger partial charge in [-0.1, -0.05) is 18.2 Å². The van der Waals surface area contributed by atoms with Crippen LogP contribution in [0, 0.1) is 0 Å². The van der Waals surface area contributed by atoms with Crippen LogP contribution in [-0.2, 0) is 4.79 Å². The Balaban J connectivity index is 1.46. The first-order valence-corrected chi connectivity index (χ1v) is 8.52. The van der Waals surface area contributed by atoms with Crippen LogP contribution in [0.2, 0.25) is 0 Å². The van der Waals surface area contributed by atoms with Crippen molar-refractivity contribution in [3.63, 3.8) is 0 Å². The Hall–Kier alpha value is -1.55. The molecule has 2 saturated heterocycles. The van der Waals surface area contributed by atoms with Gasteiger partial charge < -0.3 is 14.5 Å². The minimum absolute atomic E-state index is 0.290. The zero-order valence-electron chi connectivity index (χ0n) is 13.2. The van der Waals surface area contributed by atoms with Gasteiger partial charge in [-0.3, -0.25) is 4.79 Å². The number of para-hydroxylation sites is 1. The maximum absolute atomic E-state index is 12.3. The Morgan fingerprint density at radius 2 is 1.82 bits per heavy atom. The maximum Gasteiger partial charge on any atom is 0.222 e. The second-order valence-corrected chi connectivity index (χ2v) is 6.27. The number of rotatable bonds is 5. The molecule has 2 fully saturated rings. The second kappa shape index (κ2) is 7.63. The van der Waals surface area contributed by atoms with E-state index in [1.807, 2.05) is 35.2 Å². The molecule has 2 aliphatic rings. The molecule has 0 spiro atoms. The summed E-state index contributed by atoms with van der Waals surface area (Å²) >= 11 is 0. The normalized spacial score (nSPS) is 23.5. The van der Waals surface area contributed by atoms with Crippen LogP contribution < -0.4 is 4.74 Å². The fraction of sp³-hybridized carbons (Fsp3) is 0.611. The Kier molecular flexibility index (Phi) is 5.33. The first-order valence-electron chi connectivity index (χ1n) is 8.52. The molecular weight excluding hydrogens is 276 g/mol. The van der Waals surface area contributed by atoms with E-state index in [9.17, 15) is 4.79 Å². The lowest BCUT2D eigenvalue weighted by Crippen LogP contribution is -2.36. The molecule has 0 bridgehead atoms. The van der Waals surface area contributed by atoms with Crippen LogP contribution in [0.3, 0.4) is 0 Å². The molecule has 22 heavy (non-hydrogen) atoms. The second-order valence-electron chi connectivity index (χ2n) is 6.27. The Labute approximate surface area is 133 Å². The average Bonchev–Trinajstić information content (AvgIpc) is 3.02. The third-order valence-corrected chi connectivity index (χ3v) is 4.81. The summed E-state index contributed by atoms with van der Waals surface area (Å²) in [4.78, 5) is 16.8. The minimum atomic E-state index is 0.290. The highest BCUT2D eigenvalue weighted by atomic mass is 16.5. The number of hydrogen-bond acceptors (Lipinski definition) is 3. The number of nitrogens with zero attached hydrogens (tertiary/aromatic N) is 2. The van der Waals surface area contributed by atoms with Gasteiger partial charge >= 0.3 is 0 Å². The van der Waals surface area contributed by atoms with Crippen LogP contribution in [0.15, 0.2) is 30.3 Å². The van der Waals surface area contributed by atoms with Gasteiger partial charge in [-0.15, -0.1) is 0 Å². The van der Waals surface area contributed by atoms with E-state index in [2.05, 4.69) is 4.90 Å². The molecule has 2 heterocycles. The quantitative estimate of drug-likeness (QED) is 0.838. The zero-order valence-corrected chi connectivity index (χ0v) is 13.2. The molecule has 120 valence electrons. The number of hydrogen-bond donors (Lipinski definition) is 0. The van der Waals surface area contributed by atoms with E-state index in [0.29, 0.717) is 31.5 Å². The summed E-state index contributed by atoms with van der Waals surface area (Å²) in [6.07, 6.45) is 5.45. The van der Waals surface area contributed by atoms with Crippen molar-refractivity contribution < 1.29 is 9.53 Å². The molecule has 3 rings (SSSR count). The largest absolute Gasteiger partial charge is 0.492 e. The SMILES string of the molecule is O=C1CCC(N2CCCC2)CCN1CCOc1ccccc1. The van der Waals surface area contributed by atoms with Crippen LogP contribution >= 0.6 is 0 Å². The third-order valence-electron chi connectivity index (χ3n) is 4.81. The Morgan fingerprint density at radius 1 is 1.05 bits per heavy atom. The lowest BCUT2D eigenvalue weighted by Gasteiger charge is -2.26. The molecule has 4 nitrogen and oxygen atoms in total. The van der Waals surface area contributed by atoms with E-state index in [1.165, 1.54) is 25.9 Å². The topological polar surface area (TPSA) is 32.8 Å². The first-order chi connectivity index (χ1) is 10.8. The average molecular weight is 302 g/mol. The monoisotopic (exact) mass is 302 g/mol. The number of amides is 1. The lowest BCUT2D eigenvalue weighted by molar-refractivity contribution is -0.131. The van der Waals surface area contributed by atoms with Gasteiger partial charge in [0.25, 0.3) is 0 Å². The summed E-state index contributed by atoms with van der Waals surface area (Å²) in [5.74, 6) is 1.16. The van der Waals surface area contributed by atoms with Gasteiger partial charge in [-0.2, -0.15) is 0 Å². The summed E-state index contributed by atoms with van der Waals surface area (Å²) in [6, 6.07) is 10.4. The minimum Gasteiger partial charge on any atom is -0.492 e. The summed E-state index contributed by atoms with van der Waals surface area (Å²) in [5, 5.41) is 0. The predicted octanol–water partition coefficient (Wildman–Crippen LogP) is 2.54. The molecule has 4 heteroatoms. The molecular formula is C18H26N2O2. The van der Waals surface area contributed by atoms with Crippen molar-refractivity contribution in [1.82, 2.24) is 9.80 Å². The fourth-order valence-corrected chi connectivity index (χ4v) is 3.52.